The van der Waals surface area contributed by atoms with Crippen LogP contribution in [0.25, 0.3) is 0 Å². The van der Waals surface area contributed by atoms with E-state index in [1.165, 1.54) is 12.3 Å². The Labute approximate surface area is 110 Å². The second kappa shape index (κ2) is 5.62. The summed E-state index contributed by atoms with van der Waals surface area (Å²) in [6.07, 6.45) is 1.46. The lowest BCUT2D eigenvalue weighted by atomic mass is 10.0. The minimum Gasteiger partial charge on any atom is -0.477 e. The first-order valence-electron chi connectivity index (χ1n) is 5.93. The molecule has 1 aromatic rings. The van der Waals surface area contributed by atoms with Gasteiger partial charge in [-0.15, -0.1) is 0 Å². The molecule has 6 nitrogen and oxygen atoms in total. The van der Waals surface area contributed by atoms with E-state index in [1.807, 2.05) is 0 Å². The summed E-state index contributed by atoms with van der Waals surface area (Å²) in [6.45, 7) is 3.68. The molecule has 1 aliphatic rings. The van der Waals surface area contributed by atoms with Crippen LogP contribution in [-0.2, 0) is 11.3 Å². The van der Waals surface area contributed by atoms with Gasteiger partial charge in [0.15, 0.2) is 0 Å². The molecule has 0 bridgehead atoms. The maximum Gasteiger partial charge on any atom is 0.354 e. The van der Waals surface area contributed by atoms with E-state index < -0.39 is 5.97 Å². The molecule has 1 fully saturated rings. The molecule has 6 heteroatoms. The van der Waals surface area contributed by atoms with Crippen LogP contribution >= 0.6 is 0 Å². The van der Waals surface area contributed by atoms with E-state index in [0.717, 1.165) is 29.8 Å². The highest BCUT2D eigenvalue weighted by atomic mass is 16.4. The van der Waals surface area contributed by atoms with Gasteiger partial charge in [-0.2, -0.15) is 0 Å². The van der Waals surface area contributed by atoms with Gasteiger partial charge in [0, 0.05) is 31.4 Å². The van der Waals surface area contributed by atoms with Gasteiger partial charge in [-0.3, -0.25) is 4.79 Å². The quantitative estimate of drug-likeness (QED) is 0.679. The first kappa shape index (κ1) is 13.2. The molecule has 0 saturated carbocycles. The number of pyridine rings is 1. The van der Waals surface area contributed by atoms with Crippen LogP contribution in [0.4, 0.5) is 0 Å². The Kier molecular flexibility index (Phi) is 3.91. The number of hydrogen-bond acceptors (Lipinski definition) is 4. The smallest absolute Gasteiger partial charge is 0.354 e. The van der Waals surface area contributed by atoms with Crippen molar-refractivity contribution in [3.8, 4) is 0 Å². The summed E-state index contributed by atoms with van der Waals surface area (Å²) in [6, 6.07) is 3.06. The van der Waals surface area contributed by atoms with Crippen molar-refractivity contribution in [2.75, 3.05) is 13.1 Å². The van der Waals surface area contributed by atoms with E-state index in [2.05, 4.69) is 15.6 Å². The maximum atomic E-state index is 11.8. The Morgan fingerprint density at radius 1 is 1.42 bits per heavy atom. The number of hydrogen-bond donors (Lipinski definition) is 3. The lowest BCUT2D eigenvalue weighted by molar-refractivity contribution is -0.117. The highest BCUT2D eigenvalue weighted by molar-refractivity contribution is 5.93. The number of nitrogens with one attached hydrogen (secondary N) is 2. The molecule has 3 N–H and O–H groups in total. The van der Waals surface area contributed by atoms with Crippen LogP contribution in [0.1, 0.15) is 23.0 Å². The Balaban J connectivity index is 1.91. The molecule has 0 aliphatic carbocycles. The fraction of sp³-hybridized carbons (Fsp3) is 0.308. The number of carboxylic acid groups (broad SMARTS) is 1. The van der Waals surface area contributed by atoms with Crippen molar-refractivity contribution in [3.63, 3.8) is 0 Å². The van der Waals surface area contributed by atoms with E-state index in [1.54, 1.807) is 13.0 Å². The Morgan fingerprint density at radius 2 is 2.16 bits per heavy atom. The van der Waals surface area contributed by atoms with Gasteiger partial charge in [-0.25, -0.2) is 9.78 Å². The normalized spacial score (nSPS) is 13.6. The van der Waals surface area contributed by atoms with Crippen LogP contribution in [0.5, 0.6) is 0 Å². The van der Waals surface area contributed by atoms with E-state index in [0.29, 0.717) is 6.54 Å². The van der Waals surface area contributed by atoms with Crippen molar-refractivity contribution in [2.45, 2.75) is 13.5 Å². The lowest BCUT2D eigenvalue weighted by Gasteiger charge is -2.21. The van der Waals surface area contributed by atoms with E-state index in [4.69, 9.17) is 5.11 Å². The topological polar surface area (TPSA) is 91.3 Å². The Morgan fingerprint density at radius 3 is 2.63 bits per heavy atom. The standard InChI is InChI=1S/C13H15N3O3/c1-8(10-6-14-7-10)12(17)16-5-9-2-3-11(13(18)19)15-4-9/h2-4,14H,5-7H2,1H3,(H,16,17)(H,18,19). The molecule has 1 aliphatic heterocycles. The molecule has 1 saturated heterocycles. The van der Waals surface area contributed by atoms with Gasteiger partial charge >= 0.3 is 5.97 Å². The van der Waals surface area contributed by atoms with Gasteiger partial charge in [-0.05, 0) is 24.1 Å². The van der Waals surface area contributed by atoms with E-state index in [-0.39, 0.29) is 11.6 Å². The number of carbonyl (C=O) groups is 2. The van der Waals surface area contributed by atoms with Crippen molar-refractivity contribution >= 4 is 11.9 Å². The highest BCUT2D eigenvalue weighted by Crippen LogP contribution is 2.09. The number of carbonyl (C=O) groups excluding carboxylic acids is 1. The molecule has 2 rings (SSSR count). The summed E-state index contributed by atoms with van der Waals surface area (Å²) in [5.74, 6) is -1.16. The van der Waals surface area contributed by atoms with Crippen LogP contribution < -0.4 is 10.6 Å². The van der Waals surface area contributed by atoms with Crippen molar-refractivity contribution in [3.05, 3.63) is 40.7 Å². The lowest BCUT2D eigenvalue weighted by Crippen LogP contribution is -2.37. The number of carboxylic acids is 1. The van der Waals surface area contributed by atoms with Gasteiger partial charge in [0.1, 0.15) is 5.69 Å². The Bertz CT molecular complexity index is 529. The molecule has 0 aromatic carbocycles. The average Bonchev–Trinajstić information content (AvgIpc) is 2.34. The summed E-state index contributed by atoms with van der Waals surface area (Å²) in [5, 5.41) is 14.6. The third-order valence-corrected chi connectivity index (χ3v) is 3.04. The molecule has 100 valence electrons. The first-order chi connectivity index (χ1) is 9.08. The molecule has 0 radical (unpaired) electrons. The largest absolute Gasteiger partial charge is 0.477 e. The number of amides is 1. The predicted octanol–water partition coefficient (Wildman–Crippen LogP) is 0.316. The van der Waals surface area contributed by atoms with Crippen LogP contribution in [0.3, 0.4) is 0 Å². The van der Waals surface area contributed by atoms with Crippen molar-refractivity contribution < 1.29 is 14.7 Å². The fourth-order valence-electron chi connectivity index (χ4n) is 1.65. The first-order valence-corrected chi connectivity index (χ1v) is 5.93. The fourth-order valence-corrected chi connectivity index (χ4v) is 1.65. The van der Waals surface area contributed by atoms with E-state index >= 15 is 0 Å². The number of nitrogens with zero attached hydrogens (tertiary/aromatic N) is 1. The molecular weight excluding hydrogens is 246 g/mol. The Hall–Kier alpha value is -2.21. The van der Waals surface area contributed by atoms with Gasteiger partial charge in [0.05, 0.1) is 0 Å². The third kappa shape index (κ3) is 3.17. The zero-order valence-electron chi connectivity index (χ0n) is 10.6. The molecule has 1 amide bonds. The van der Waals surface area contributed by atoms with Crippen molar-refractivity contribution in [2.24, 2.45) is 0 Å². The third-order valence-electron chi connectivity index (χ3n) is 3.04. The number of aromatic carboxylic acids is 1. The summed E-state index contributed by atoms with van der Waals surface area (Å²) in [4.78, 5) is 26.2. The molecule has 19 heavy (non-hydrogen) atoms. The molecular formula is C13H15N3O3. The van der Waals surface area contributed by atoms with Crippen LogP contribution in [0.15, 0.2) is 29.5 Å². The summed E-state index contributed by atoms with van der Waals surface area (Å²) < 4.78 is 0. The summed E-state index contributed by atoms with van der Waals surface area (Å²) in [5.41, 5.74) is 2.63. The molecule has 0 unspecified atom stereocenters. The van der Waals surface area contributed by atoms with Crippen molar-refractivity contribution in [1.82, 2.24) is 15.6 Å². The zero-order chi connectivity index (χ0) is 13.8. The highest BCUT2D eigenvalue weighted by Gasteiger charge is 2.15. The minimum atomic E-state index is -1.06. The number of aromatic nitrogens is 1. The molecule has 2 heterocycles. The predicted molar refractivity (Wildman–Crippen MR) is 68.6 cm³/mol. The van der Waals surface area contributed by atoms with Crippen molar-refractivity contribution in [1.29, 1.82) is 0 Å². The second-order valence-electron chi connectivity index (χ2n) is 4.37. The second-order valence-corrected chi connectivity index (χ2v) is 4.37. The SMILES string of the molecule is CC(C(=O)NCc1ccc(C(=O)O)nc1)=C1CNC1. The summed E-state index contributed by atoms with van der Waals surface area (Å²) in [7, 11) is 0. The van der Waals surface area contributed by atoms with Gasteiger partial charge in [0.25, 0.3) is 0 Å². The molecule has 0 atom stereocenters. The van der Waals surface area contributed by atoms with Gasteiger partial charge in [-0.1, -0.05) is 6.07 Å². The minimum absolute atomic E-state index is 0.00563. The monoisotopic (exact) mass is 261 g/mol. The average molecular weight is 261 g/mol. The zero-order valence-corrected chi connectivity index (χ0v) is 10.6. The molecule has 0 spiro atoms. The van der Waals surface area contributed by atoms with Crippen LogP contribution in [0, 0.1) is 0 Å². The maximum absolute atomic E-state index is 11.8. The van der Waals surface area contributed by atoms with E-state index in [9.17, 15) is 9.59 Å². The van der Waals surface area contributed by atoms with Crippen LogP contribution in [0.2, 0.25) is 0 Å². The summed E-state index contributed by atoms with van der Waals surface area (Å²) >= 11 is 0. The van der Waals surface area contributed by atoms with Gasteiger partial charge < -0.3 is 15.7 Å². The number of rotatable bonds is 4. The molecule has 1 aromatic heterocycles. The van der Waals surface area contributed by atoms with Crippen LogP contribution in [-0.4, -0.2) is 35.1 Å². The van der Waals surface area contributed by atoms with Gasteiger partial charge in [0.2, 0.25) is 5.91 Å².